The van der Waals surface area contributed by atoms with Gasteiger partial charge in [0, 0.05) is 31.2 Å². The van der Waals surface area contributed by atoms with Crippen molar-refractivity contribution in [1.82, 2.24) is 14.8 Å². The van der Waals surface area contributed by atoms with Gasteiger partial charge in [-0.25, -0.2) is 4.79 Å². The quantitative estimate of drug-likeness (QED) is 0.694. The van der Waals surface area contributed by atoms with E-state index < -0.39 is 5.76 Å². The Kier molecular flexibility index (Phi) is 5.67. The number of piperidine rings is 1. The first-order chi connectivity index (χ1) is 14.1. The van der Waals surface area contributed by atoms with E-state index in [1.54, 1.807) is 25.3 Å². The van der Waals surface area contributed by atoms with Crippen LogP contribution in [0.3, 0.4) is 0 Å². The molecule has 1 aliphatic heterocycles. The van der Waals surface area contributed by atoms with Gasteiger partial charge in [0.15, 0.2) is 5.58 Å². The normalized spacial score (nSPS) is 15.5. The van der Waals surface area contributed by atoms with E-state index in [1.165, 1.54) is 10.1 Å². The number of carbonyl (C=O) groups is 1. The third-order valence-electron chi connectivity index (χ3n) is 5.41. The van der Waals surface area contributed by atoms with Gasteiger partial charge in [0.1, 0.15) is 12.3 Å². The Morgan fingerprint density at radius 3 is 2.66 bits per heavy atom. The number of fused-ring (bicyclic) bond motifs is 1. The molecular weight excluding hydrogens is 370 g/mol. The molecule has 152 valence electrons. The molecule has 7 nitrogen and oxygen atoms in total. The van der Waals surface area contributed by atoms with Crippen LogP contribution < -0.4 is 15.8 Å². The van der Waals surface area contributed by atoms with Crippen molar-refractivity contribution in [2.24, 2.45) is 0 Å². The minimum Gasteiger partial charge on any atom is -0.496 e. The number of para-hydroxylation sites is 3. The lowest BCUT2D eigenvalue weighted by Crippen LogP contribution is -2.45. The van der Waals surface area contributed by atoms with Gasteiger partial charge in [0.05, 0.1) is 12.6 Å². The first-order valence-corrected chi connectivity index (χ1v) is 9.86. The van der Waals surface area contributed by atoms with E-state index >= 15 is 0 Å². The second-order valence-corrected chi connectivity index (χ2v) is 7.35. The highest BCUT2D eigenvalue weighted by Gasteiger charge is 2.22. The SMILES string of the molecule is COc1ccccc1CN1CCC(NC(=O)Cn2c(=O)oc3ccccc32)CC1. The highest BCUT2D eigenvalue weighted by molar-refractivity contribution is 5.79. The fraction of sp³-hybridized carbons (Fsp3) is 0.364. The molecule has 3 aromatic rings. The molecule has 2 heterocycles. The summed E-state index contributed by atoms with van der Waals surface area (Å²) < 4.78 is 12.0. The Balaban J connectivity index is 1.31. The summed E-state index contributed by atoms with van der Waals surface area (Å²) in [6.45, 7) is 2.60. The van der Waals surface area contributed by atoms with Crippen molar-refractivity contribution < 1.29 is 13.9 Å². The van der Waals surface area contributed by atoms with Crippen LogP contribution in [0.15, 0.2) is 57.7 Å². The predicted octanol–water partition coefficient (Wildman–Crippen LogP) is 2.38. The maximum absolute atomic E-state index is 12.5. The number of rotatable bonds is 6. The van der Waals surface area contributed by atoms with Crippen LogP contribution in [0.5, 0.6) is 5.75 Å². The number of benzene rings is 2. The fourth-order valence-corrected chi connectivity index (χ4v) is 3.89. The van der Waals surface area contributed by atoms with Gasteiger partial charge in [-0.15, -0.1) is 0 Å². The highest BCUT2D eigenvalue weighted by Crippen LogP contribution is 2.21. The lowest BCUT2D eigenvalue weighted by Gasteiger charge is -2.32. The van der Waals surface area contributed by atoms with Crippen LogP contribution >= 0.6 is 0 Å². The number of ether oxygens (including phenoxy) is 1. The van der Waals surface area contributed by atoms with E-state index in [2.05, 4.69) is 16.3 Å². The number of nitrogens with zero attached hydrogens (tertiary/aromatic N) is 2. The van der Waals surface area contributed by atoms with Crippen molar-refractivity contribution in [3.63, 3.8) is 0 Å². The Labute approximate surface area is 168 Å². The summed E-state index contributed by atoms with van der Waals surface area (Å²) in [5, 5.41) is 3.06. The molecule has 0 saturated carbocycles. The van der Waals surface area contributed by atoms with Crippen LogP contribution in [0.2, 0.25) is 0 Å². The number of hydrogen-bond acceptors (Lipinski definition) is 5. The number of oxazole rings is 1. The van der Waals surface area contributed by atoms with Gasteiger partial charge in [0.2, 0.25) is 5.91 Å². The first-order valence-electron chi connectivity index (χ1n) is 9.86. The maximum atomic E-state index is 12.5. The van der Waals surface area contributed by atoms with Crippen molar-refractivity contribution in [2.45, 2.75) is 32.0 Å². The van der Waals surface area contributed by atoms with E-state index in [0.717, 1.165) is 38.2 Å². The Morgan fingerprint density at radius 1 is 1.14 bits per heavy atom. The Bertz CT molecular complexity index is 1050. The summed E-state index contributed by atoms with van der Waals surface area (Å²) in [7, 11) is 1.69. The van der Waals surface area contributed by atoms with Crippen LogP contribution in [-0.4, -0.2) is 41.6 Å². The number of amides is 1. The molecule has 29 heavy (non-hydrogen) atoms. The minimum atomic E-state index is -0.507. The van der Waals surface area contributed by atoms with Crippen LogP contribution in [0, 0.1) is 0 Å². The van der Waals surface area contributed by atoms with E-state index in [1.807, 2.05) is 24.3 Å². The first kappa shape index (κ1) is 19.3. The zero-order valence-electron chi connectivity index (χ0n) is 16.5. The topological polar surface area (TPSA) is 76.7 Å². The molecule has 1 aromatic heterocycles. The van der Waals surface area contributed by atoms with Crippen molar-refractivity contribution in [1.29, 1.82) is 0 Å². The number of aromatic nitrogens is 1. The number of carbonyl (C=O) groups excluding carboxylic acids is 1. The van der Waals surface area contributed by atoms with Crippen LogP contribution in [0.1, 0.15) is 18.4 Å². The molecule has 0 unspecified atom stereocenters. The fourth-order valence-electron chi connectivity index (χ4n) is 3.89. The third-order valence-corrected chi connectivity index (χ3v) is 5.41. The molecule has 1 aliphatic rings. The monoisotopic (exact) mass is 395 g/mol. The number of nitrogens with one attached hydrogen (secondary N) is 1. The van der Waals surface area contributed by atoms with Gasteiger partial charge < -0.3 is 14.5 Å². The predicted molar refractivity (Wildman–Crippen MR) is 110 cm³/mol. The van der Waals surface area contributed by atoms with Crippen LogP contribution in [-0.2, 0) is 17.9 Å². The Hall–Kier alpha value is -3.06. The van der Waals surface area contributed by atoms with Crippen molar-refractivity contribution in [3.8, 4) is 5.75 Å². The van der Waals surface area contributed by atoms with Gasteiger partial charge in [-0.1, -0.05) is 30.3 Å². The molecular formula is C22H25N3O4. The second-order valence-electron chi connectivity index (χ2n) is 7.35. The smallest absolute Gasteiger partial charge is 0.420 e. The lowest BCUT2D eigenvalue weighted by molar-refractivity contribution is -0.122. The summed E-state index contributed by atoms with van der Waals surface area (Å²) in [6, 6.07) is 15.3. The van der Waals surface area contributed by atoms with Gasteiger partial charge in [-0.3, -0.25) is 14.3 Å². The third kappa shape index (κ3) is 4.35. The van der Waals surface area contributed by atoms with E-state index in [9.17, 15) is 9.59 Å². The summed E-state index contributed by atoms with van der Waals surface area (Å²) in [5.74, 6) is 0.232. The Morgan fingerprint density at radius 2 is 1.86 bits per heavy atom. The number of hydrogen-bond donors (Lipinski definition) is 1. The lowest BCUT2D eigenvalue weighted by atomic mass is 10.0. The number of methoxy groups -OCH3 is 1. The molecule has 0 bridgehead atoms. The van der Waals surface area contributed by atoms with Crippen LogP contribution in [0.25, 0.3) is 11.1 Å². The highest BCUT2D eigenvalue weighted by atomic mass is 16.5. The largest absolute Gasteiger partial charge is 0.496 e. The molecule has 2 aromatic carbocycles. The molecule has 1 saturated heterocycles. The van der Waals surface area contributed by atoms with E-state index in [0.29, 0.717) is 11.1 Å². The maximum Gasteiger partial charge on any atom is 0.420 e. The molecule has 1 fully saturated rings. The standard InChI is InChI=1S/C22H25N3O4/c1-28-19-8-4-2-6-16(19)14-24-12-10-17(11-13-24)23-21(26)15-25-18-7-3-5-9-20(18)29-22(25)27/h2-9,17H,10-15H2,1H3,(H,23,26). The average Bonchev–Trinajstić information content (AvgIpc) is 3.05. The number of likely N-dealkylation sites (tertiary alicyclic amines) is 1. The van der Waals surface area contributed by atoms with Gasteiger partial charge in [-0.05, 0) is 31.0 Å². The molecule has 1 N–H and O–H groups in total. The summed E-state index contributed by atoms with van der Waals surface area (Å²) in [4.78, 5) is 26.9. The van der Waals surface area contributed by atoms with Crippen molar-refractivity contribution in [3.05, 3.63) is 64.6 Å². The summed E-state index contributed by atoms with van der Waals surface area (Å²) >= 11 is 0. The molecule has 0 atom stereocenters. The summed E-state index contributed by atoms with van der Waals surface area (Å²) in [5.41, 5.74) is 2.30. The van der Waals surface area contributed by atoms with Gasteiger partial charge in [0.25, 0.3) is 0 Å². The van der Waals surface area contributed by atoms with Crippen molar-refractivity contribution >= 4 is 17.0 Å². The van der Waals surface area contributed by atoms with Crippen molar-refractivity contribution in [2.75, 3.05) is 20.2 Å². The van der Waals surface area contributed by atoms with Crippen LogP contribution in [0.4, 0.5) is 0 Å². The molecule has 1 amide bonds. The van der Waals surface area contributed by atoms with E-state index in [-0.39, 0.29) is 18.5 Å². The molecule has 0 aliphatic carbocycles. The second kappa shape index (κ2) is 8.53. The molecule has 0 radical (unpaired) electrons. The molecule has 4 rings (SSSR count). The summed E-state index contributed by atoms with van der Waals surface area (Å²) in [6.07, 6.45) is 1.75. The average molecular weight is 395 g/mol. The zero-order valence-corrected chi connectivity index (χ0v) is 16.5. The molecule has 7 heteroatoms. The minimum absolute atomic E-state index is 0.0305. The van der Waals surface area contributed by atoms with Gasteiger partial charge in [-0.2, -0.15) is 0 Å². The zero-order chi connectivity index (χ0) is 20.2. The molecule has 0 spiro atoms. The van der Waals surface area contributed by atoms with E-state index in [4.69, 9.17) is 9.15 Å². The van der Waals surface area contributed by atoms with Gasteiger partial charge >= 0.3 is 5.76 Å².